The van der Waals surface area contributed by atoms with Crippen molar-refractivity contribution >= 4 is 30.5 Å². The van der Waals surface area contributed by atoms with E-state index in [9.17, 15) is 9.67 Å². The number of imidazole rings is 1. The Labute approximate surface area is 118 Å². The van der Waals surface area contributed by atoms with Crippen molar-refractivity contribution in [3.8, 4) is 0 Å². The summed E-state index contributed by atoms with van der Waals surface area (Å²) in [5.74, 6) is 0.0892. The molecule has 11 nitrogen and oxygen atoms in total. The van der Waals surface area contributed by atoms with Gasteiger partial charge in [-0.3, -0.25) is 4.57 Å². The van der Waals surface area contributed by atoms with E-state index in [1.807, 2.05) is 0 Å². The zero-order chi connectivity index (χ0) is 15.6. The van der Waals surface area contributed by atoms with Gasteiger partial charge in [-0.25, -0.2) is 4.98 Å². The van der Waals surface area contributed by atoms with Crippen LogP contribution in [-0.2, 0) is 15.8 Å². The van der Waals surface area contributed by atoms with Crippen LogP contribution in [0.3, 0.4) is 0 Å². The molecule has 2 aromatic heterocycles. The van der Waals surface area contributed by atoms with Gasteiger partial charge >= 0.3 is 7.60 Å². The largest absolute Gasteiger partial charge is 0.394 e. The number of hydrogen-bond acceptors (Lipinski definition) is 8. The van der Waals surface area contributed by atoms with Gasteiger partial charge in [0.1, 0.15) is 11.9 Å². The van der Waals surface area contributed by atoms with Crippen LogP contribution in [0, 0.1) is 0 Å². The number of aliphatic hydroxyl groups excluding tert-OH is 1. The molecule has 2 heterocycles. The Morgan fingerprint density at radius 2 is 2.10 bits per heavy atom. The Morgan fingerprint density at radius 3 is 2.71 bits per heavy atom. The highest BCUT2D eigenvalue weighted by molar-refractivity contribution is 7.51. The molecule has 0 aliphatic heterocycles. The molecule has 12 heteroatoms. The highest BCUT2D eigenvalue weighted by Crippen LogP contribution is 2.34. The molecule has 2 aromatic rings. The summed E-state index contributed by atoms with van der Waals surface area (Å²) in [5, 5.41) is 9.21. The minimum atomic E-state index is -4.31. The summed E-state index contributed by atoms with van der Waals surface area (Å²) in [4.78, 5) is 29.3. The quantitative estimate of drug-likeness (QED) is 0.393. The first-order valence-corrected chi connectivity index (χ1v) is 7.61. The van der Waals surface area contributed by atoms with Crippen LogP contribution in [0.15, 0.2) is 6.33 Å². The first-order valence-electron chi connectivity index (χ1n) is 5.81. The lowest BCUT2D eigenvalue weighted by molar-refractivity contribution is 0.0202. The highest BCUT2D eigenvalue weighted by Gasteiger charge is 2.19. The molecule has 0 bridgehead atoms. The van der Waals surface area contributed by atoms with Gasteiger partial charge < -0.3 is 35.7 Å². The molecule has 2 rings (SSSR count). The second-order valence-corrected chi connectivity index (χ2v) is 5.89. The molecule has 0 amide bonds. The Kier molecular flexibility index (Phi) is 4.40. The summed E-state index contributed by atoms with van der Waals surface area (Å²) < 4.78 is 17.2. The van der Waals surface area contributed by atoms with Gasteiger partial charge in [0.05, 0.1) is 25.6 Å². The van der Waals surface area contributed by atoms with E-state index in [0.717, 1.165) is 0 Å². The van der Waals surface area contributed by atoms with E-state index < -0.39 is 26.7 Å². The fraction of sp³-hybridized carbons (Fsp3) is 0.444. The Bertz CT molecular complexity index is 685. The third kappa shape index (κ3) is 3.86. The number of hydrogen-bond donors (Lipinski definition) is 5. The number of nitrogens with two attached hydrogens (primary N) is 2. The maximum Gasteiger partial charge on any atom is 0.350 e. The summed E-state index contributed by atoms with van der Waals surface area (Å²) in [6, 6.07) is 0. The van der Waals surface area contributed by atoms with Crippen molar-refractivity contribution < 1.29 is 24.2 Å². The van der Waals surface area contributed by atoms with Gasteiger partial charge in [-0.2, -0.15) is 9.97 Å². The van der Waals surface area contributed by atoms with E-state index in [4.69, 9.17) is 26.0 Å². The number of nitrogen functional groups attached to an aromatic ring is 2. The van der Waals surface area contributed by atoms with Crippen molar-refractivity contribution in [2.24, 2.45) is 0 Å². The zero-order valence-electron chi connectivity index (χ0n) is 10.8. The molecule has 0 unspecified atom stereocenters. The Balaban J connectivity index is 2.20. The average Bonchev–Trinajstić information content (AvgIpc) is 2.76. The molecule has 0 radical (unpaired) electrons. The number of anilines is 2. The molecular weight excluding hydrogens is 303 g/mol. The normalized spacial score (nSPS) is 13.7. The van der Waals surface area contributed by atoms with E-state index in [1.54, 1.807) is 0 Å². The third-order valence-electron chi connectivity index (χ3n) is 2.59. The van der Waals surface area contributed by atoms with E-state index >= 15 is 0 Å². The van der Waals surface area contributed by atoms with E-state index in [2.05, 4.69) is 15.0 Å². The fourth-order valence-corrected chi connectivity index (χ4v) is 2.11. The molecule has 0 saturated carbocycles. The molecule has 116 valence electrons. The summed E-state index contributed by atoms with van der Waals surface area (Å²) in [5.41, 5.74) is 11.9. The van der Waals surface area contributed by atoms with Crippen LogP contribution < -0.4 is 11.5 Å². The number of fused-ring (bicyclic) bond motifs is 1. The monoisotopic (exact) mass is 318 g/mol. The Hall–Kier alpha value is -1.78. The Morgan fingerprint density at radius 1 is 1.38 bits per heavy atom. The van der Waals surface area contributed by atoms with Crippen LogP contribution in [0.4, 0.5) is 11.8 Å². The SMILES string of the molecule is Nc1nc(N)c2ncn(C[C@H](CO)OCP(=O)(O)O)c2n1. The summed E-state index contributed by atoms with van der Waals surface area (Å²) in [6.07, 6.45) is -0.226. The average molecular weight is 318 g/mol. The first-order chi connectivity index (χ1) is 9.80. The fourth-order valence-electron chi connectivity index (χ4n) is 1.70. The van der Waals surface area contributed by atoms with Gasteiger partial charge in [-0.05, 0) is 0 Å². The third-order valence-corrected chi connectivity index (χ3v) is 3.08. The van der Waals surface area contributed by atoms with Crippen molar-refractivity contribution in [1.82, 2.24) is 19.5 Å². The van der Waals surface area contributed by atoms with E-state index in [0.29, 0.717) is 11.2 Å². The molecule has 21 heavy (non-hydrogen) atoms. The first kappa shape index (κ1) is 15.6. The number of nitrogens with zero attached hydrogens (tertiary/aromatic N) is 4. The van der Waals surface area contributed by atoms with Gasteiger partial charge in [-0.15, -0.1) is 0 Å². The molecule has 0 fully saturated rings. The molecule has 0 aromatic carbocycles. The topological polar surface area (TPSA) is 183 Å². The summed E-state index contributed by atoms with van der Waals surface area (Å²) >= 11 is 0. The smallest absolute Gasteiger partial charge is 0.350 e. The second-order valence-electron chi connectivity index (χ2n) is 4.30. The van der Waals surface area contributed by atoms with Crippen LogP contribution in [0.5, 0.6) is 0 Å². The van der Waals surface area contributed by atoms with Crippen LogP contribution in [0.2, 0.25) is 0 Å². The lowest BCUT2D eigenvalue weighted by Crippen LogP contribution is -2.24. The lowest BCUT2D eigenvalue weighted by atomic mass is 10.3. The number of aromatic nitrogens is 4. The molecular formula is C9H15N6O5P. The standard InChI is InChI=1S/C9H15N6O5P/c10-7-6-8(14-9(11)13-7)15(3-12-6)1-5(2-16)20-4-21(17,18)19/h3,5,16H,1-2,4H2,(H2,17,18,19)(H4,10,11,13,14)/t5-/m1/s1. The van der Waals surface area contributed by atoms with Gasteiger partial charge in [-0.1, -0.05) is 0 Å². The van der Waals surface area contributed by atoms with Gasteiger partial charge in [0, 0.05) is 0 Å². The molecule has 1 atom stereocenters. The highest BCUT2D eigenvalue weighted by atomic mass is 31.2. The molecule has 0 aliphatic rings. The summed E-state index contributed by atoms with van der Waals surface area (Å²) in [7, 11) is -4.31. The number of rotatable bonds is 6. The minimum absolute atomic E-state index is 0.0292. The van der Waals surface area contributed by atoms with Crippen LogP contribution in [0.25, 0.3) is 11.2 Å². The van der Waals surface area contributed by atoms with Crippen molar-refractivity contribution in [2.45, 2.75) is 12.6 Å². The van der Waals surface area contributed by atoms with E-state index in [1.165, 1.54) is 10.9 Å². The van der Waals surface area contributed by atoms with Gasteiger partial charge in [0.2, 0.25) is 5.95 Å². The number of aliphatic hydroxyl groups is 1. The van der Waals surface area contributed by atoms with Crippen molar-refractivity contribution in [2.75, 3.05) is 24.4 Å². The predicted octanol–water partition coefficient (Wildman–Crippen LogP) is -1.50. The maximum absolute atomic E-state index is 10.8. The zero-order valence-corrected chi connectivity index (χ0v) is 11.7. The number of ether oxygens (including phenoxy) is 1. The predicted molar refractivity (Wildman–Crippen MR) is 73.0 cm³/mol. The van der Waals surface area contributed by atoms with Crippen molar-refractivity contribution in [1.29, 1.82) is 0 Å². The van der Waals surface area contributed by atoms with Crippen LogP contribution in [-0.4, -0.2) is 53.5 Å². The van der Waals surface area contributed by atoms with Crippen molar-refractivity contribution in [3.63, 3.8) is 0 Å². The van der Waals surface area contributed by atoms with Gasteiger partial charge in [0.15, 0.2) is 11.5 Å². The lowest BCUT2D eigenvalue weighted by Gasteiger charge is -2.16. The second kappa shape index (κ2) is 5.92. The molecule has 0 saturated heterocycles. The maximum atomic E-state index is 10.8. The molecule has 0 spiro atoms. The molecule has 7 N–H and O–H groups in total. The van der Waals surface area contributed by atoms with Crippen molar-refractivity contribution in [3.05, 3.63) is 6.33 Å². The van der Waals surface area contributed by atoms with Crippen LogP contribution >= 0.6 is 7.60 Å². The van der Waals surface area contributed by atoms with Crippen LogP contribution in [0.1, 0.15) is 0 Å². The molecule has 0 aliphatic carbocycles. The van der Waals surface area contributed by atoms with Gasteiger partial charge in [0.25, 0.3) is 0 Å². The van der Waals surface area contributed by atoms with E-state index in [-0.39, 0.29) is 18.3 Å². The summed E-state index contributed by atoms with van der Waals surface area (Å²) in [6.45, 7) is -0.362. The minimum Gasteiger partial charge on any atom is -0.394 e.